The van der Waals surface area contributed by atoms with E-state index >= 15 is 0 Å². The fourth-order valence-electron chi connectivity index (χ4n) is 2.64. The monoisotopic (exact) mass is 430 g/mol. The molecule has 8 heteroatoms. The van der Waals surface area contributed by atoms with Gasteiger partial charge in [0.05, 0.1) is 17.3 Å². The molecule has 4 N–H and O–H groups in total. The number of carbonyl (C=O) groups is 3. The van der Waals surface area contributed by atoms with Crippen LogP contribution in [0.2, 0.25) is 5.02 Å². The number of hydrogen-bond acceptors (Lipinski definition) is 4. The Kier molecular flexibility index (Phi) is 9.15. The average molecular weight is 431 g/mol. The number of hydrogen-bond donors (Lipinski definition) is 4. The molecule has 0 aromatic heterocycles. The summed E-state index contributed by atoms with van der Waals surface area (Å²) in [6, 6.07) is 11.8. The number of benzene rings is 2. The zero-order chi connectivity index (χ0) is 21.9. The van der Waals surface area contributed by atoms with Crippen molar-refractivity contribution < 1.29 is 14.4 Å². The van der Waals surface area contributed by atoms with Crippen molar-refractivity contribution >= 4 is 46.4 Å². The second kappa shape index (κ2) is 11.8. The zero-order valence-corrected chi connectivity index (χ0v) is 17.9. The summed E-state index contributed by atoms with van der Waals surface area (Å²) in [5.74, 6) is -0.560. The van der Waals surface area contributed by atoms with Gasteiger partial charge in [0.15, 0.2) is 0 Å². The van der Waals surface area contributed by atoms with E-state index in [9.17, 15) is 14.4 Å². The van der Waals surface area contributed by atoms with Crippen LogP contribution in [-0.4, -0.2) is 30.8 Å². The first kappa shape index (κ1) is 23.2. The molecule has 0 aliphatic rings. The molecule has 0 bridgehead atoms. The summed E-state index contributed by atoms with van der Waals surface area (Å²) in [4.78, 5) is 36.1. The van der Waals surface area contributed by atoms with Crippen LogP contribution in [0.1, 0.15) is 43.5 Å². The molecule has 2 aromatic carbocycles. The van der Waals surface area contributed by atoms with Crippen LogP contribution < -0.4 is 21.3 Å². The van der Waals surface area contributed by atoms with Crippen LogP contribution in [0.4, 0.5) is 17.1 Å². The minimum atomic E-state index is -0.310. The smallest absolute Gasteiger partial charge is 0.251 e. The Bertz CT molecular complexity index is 902. The molecule has 7 nitrogen and oxygen atoms in total. The summed E-state index contributed by atoms with van der Waals surface area (Å²) in [5, 5.41) is 11.7. The second-order valence-corrected chi connectivity index (χ2v) is 7.14. The Balaban J connectivity index is 1.95. The zero-order valence-electron chi connectivity index (χ0n) is 17.2. The van der Waals surface area contributed by atoms with Crippen molar-refractivity contribution in [2.75, 3.05) is 29.0 Å². The highest BCUT2D eigenvalue weighted by atomic mass is 35.5. The van der Waals surface area contributed by atoms with Crippen LogP contribution in [-0.2, 0) is 9.59 Å². The molecule has 0 spiro atoms. The highest BCUT2D eigenvalue weighted by molar-refractivity contribution is 6.33. The Hall–Kier alpha value is -3.06. The minimum absolute atomic E-state index is 0.0111. The standard InChI is InChI=1S/C22H27ClN4O3/c1-3-6-20(28)26-17-9-10-18(23)19(13-17)27-21(29)14-25-16-8-5-7-15(12-16)22(30)24-11-4-2/h5,7-10,12-13,25H,3-4,6,11,14H2,1-2H3,(H,24,30)(H,26,28)(H,27,29). The normalized spacial score (nSPS) is 10.2. The summed E-state index contributed by atoms with van der Waals surface area (Å²) in [6.45, 7) is 4.51. The van der Waals surface area contributed by atoms with E-state index < -0.39 is 0 Å². The minimum Gasteiger partial charge on any atom is -0.376 e. The molecule has 0 aliphatic heterocycles. The van der Waals surface area contributed by atoms with E-state index in [2.05, 4.69) is 21.3 Å². The van der Waals surface area contributed by atoms with Gasteiger partial charge in [-0.25, -0.2) is 0 Å². The molecule has 0 aliphatic carbocycles. The van der Waals surface area contributed by atoms with Crippen molar-refractivity contribution in [1.82, 2.24) is 5.32 Å². The topological polar surface area (TPSA) is 99.3 Å². The highest BCUT2D eigenvalue weighted by Gasteiger charge is 2.10. The van der Waals surface area contributed by atoms with Crippen LogP contribution in [0.3, 0.4) is 0 Å². The highest BCUT2D eigenvalue weighted by Crippen LogP contribution is 2.25. The van der Waals surface area contributed by atoms with E-state index in [-0.39, 0.29) is 24.3 Å². The lowest BCUT2D eigenvalue weighted by Crippen LogP contribution is -2.24. The predicted octanol–water partition coefficient (Wildman–Crippen LogP) is 4.27. The molecular formula is C22H27ClN4O3. The molecule has 30 heavy (non-hydrogen) atoms. The SMILES string of the molecule is CCCNC(=O)c1cccc(NCC(=O)Nc2cc(NC(=O)CCC)ccc2Cl)c1. The average Bonchev–Trinajstić information content (AvgIpc) is 2.73. The van der Waals surface area contributed by atoms with E-state index in [0.29, 0.717) is 40.6 Å². The lowest BCUT2D eigenvalue weighted by Gasteiger charge is -2.12. The van der Waals surface area contributed by atoms with Gasteiger partial charge in [0.1, 0.15) is 0 Å². The van der Waals surface area contributed by atoms with Crippen LogP contribution in [0.15, 0.2) is 42.5 Å². The second-order valence-electron chi connectivity index (χ2n) is 6.73. The first-order chi connectivity index (χ1) is 14.4. The molecule has 0 saturated carbocycles. The van der Waals surface area contributed by atoms with Gasteiger partial charge in [-0.15, -0.1) is 0 Å². The van der Waals surface area contributed by atoms with Crippen molar-refractivity contribution in [3.05, 3.63) is 53.1 Å². The Morgan fingerprint density at radius 1 is 0.900 bits per heavy atom. The number of rotatable bonds is 10. The molecule has 3 amide bonds. The summed E-state index contributed by atoms with van der Waals surface area (Å²) in [5.41, 5.74) is 2.14. The maximum absolute atomic E-state index is 12.3. The van der Waals surface area contributed by atoms with Gasteiger partial charge in [-0.3, -0.25) is 14.4 Å². The first-order valence-corrected chi connectivity index (χ1v) is 10.3. The van der Waals surface area contributed by atoms with Gasteiger partial charge < -0.3 is 21.3 Å². The number of halogens is 1. The van der Waals surface area contributed by atoms with E-state index in [4.69, 9.17) is 11.6 Å². The van der Waals surface area contributed by atoms with E-state index in [0.717, 1.165) is 12.8 Å². The van der Waals surface area contributed by atoms with E-state index in [1.165, 1.54) is 0 Å². The van der Waals surface area contributed by atoms with Gasteiger partial charge in [-0.05, 0) is 49.2 Å². The van der Waals surface area contributed by atoms with Crippen molar-refractivity contribution in [1.29, 1.82) is 0 Å². The van der Waals surface area contributed by atoms with Crippen LogP contribution in [0.25, 0.3) is 0 Å². The molecule has 0 saturated heterocycles. The lowest BCUT2D eigenvalue weighted by molar-refractivity contribution is -0.116. The molecule has 0 radical (unpaired) electrons. The maximum Gasteiger partial charge on any atom is 0.251 e. The van der Waals surface area contributed by atoms with Gasteiger partial charge in [0.25, 0.3) is 5.91 Å². The van der Waals surface area contributed by atoms with Crippen LogP contribution >= 0.6 is 11.6 Å². The van der Waals surface area contributed by atoms with E-state index in [1.807, 2.05) is 13.8 Å². The Labute approximate surface area is 181 Å². The van der Waals surface area contributed by atoms with Gasteiger partial charge in [-0.2, -0.15) is 0 Å². The predicted molar refractivity (Wildman–Crippen MR) is 121 cm³/mol. The number of anilines is 3. The lowest BCUT2D eigenvalue weighted by atomic mass is 10.2. The first-order valence-electron chi connectivity index (χ1n) is 9.94. The third kappa shape index (κ3) is 7.40. The van der Waals surface area contributed by atoms with Gasteiger partial charge in [-0.1, -0.05) is 31.5 Å². The van der Waals surface area contributed by atoms with Gasteiger partial charge >= 0.3 is 0 Å². The molecule has 0 atom stereocenters. The van der Waals surface area contributed by atoms with Crippen molar-refractivity contribution in [3.8, 4) is 0 Å². The van der Waals surface area contributed by atoms with Crippen LogP contribution in [0, 0.1) is 0 Å². The van der Waals surface area contributed by atoms with Crippen molar-refractivity contribution in [3.63, 3.8) is 0 Å². The summed E-state index contributed by atoms with van der Waals surface area (Å²) >= 11 is 6.16. The summed E-state index contributed by atoms with van der Waals surface area (Å²) in [7, 11) is 0. The summed E-state index contributed by atoms with van der Waals surface area (Å²) in [6.07, 6.45) is 2.02. The molecule has 0 fully saturated rings. The molecule has 2 aromatic rings. The van der Waals surface area contributed by atoms with E-state index in [1.54, 1.807) is 42.5 Å². The Morgan fingerprint density at radius 3 is 2.43 bits per heavy atom. The maximum atomic E-state index is 12.3. The Morgan fingerprint density at radius 2 is 1.70 bits per heavy atom. The number of nitrogens with one attached hydrogen (secondary N) is 4. The van der Waals surface area contributed by atoms with Crippen molar-refractivity contribution in [2.24, 2.45) is 0 Å². The third-order valence-electron chi connectivity index (χ3n) is 4.11. The van der Waals surface area contributed by atoms with Crippen molar-refractivity contribution in [2.45, 2.75) is 33.1 Å². The van der Waals surface area contributed by atoms with Gasteiger partial charge in [0.2, 0.25) is 11.8 Å². The molecule has 0 heterocycles. The largest absolute Gasteiger partial charge is 0.376 e. The molecular weight excluding hydrogens is 404 g/mol. The van der Waals surface area contributed by atoms with Crippen LogP contribution in [0.5, 0.6) is 0 Å². The molecule has 160 valence electrons. The number of amides is 3. The molecule has 0 unspecified atom stereocenters. The quantitative estimate of drug-likeness (QED) is 0.452. The third-order valence-corrected chi connectivity index (χ3v) is 4.44. The molecule has 2 rings (SSSR count). The fraction of sp³-hybridized carbons (Fsp3) is 0.318. The fourth-order valence-corrected chi connectivity index (χ4v) is 2.80. The summed E-state index contributed by atoms with van der Waals surface area (Å²) < 4.78 is 0. The van der Waals surface area contributed by atoms with Gasteiger partial charge in [0, 0.05) is 29.9 Å². The number of carbonyl (C=O) groups excluding carboxylic acids is 3.